The van der Waals surface area contributed by atoms with Crippen LogP contribution < -0.4 is 5.32 Å². The lowest BCUT2D eigenvalue weighted by Gasteiger charge is -2.23. The van der Waals surface area contributed by atoms with Crippen LogP contribution in [0.25, 0.3) is 0 Å². The number of fused-ring (bicyclic) bond motifs is 1. The van der Waals surface area contributed by atoms with E-state index in [1.807, 2.05) is 37.0 Å². The van der Waals surface area contributed by atoms with Crippen LogP contribution in [-0.2, 0) is 20.0 Å². The van der Waals surface area contributed by atoms with E-state index in [1.165, 1.54) is 5.56 Å². The number of aryl methyl sites for hydroxylation is 2. The highest BCUT2D eigenvalue weighted by Gasteiger charge is 2.20. The molecule has 1 aliphatic heterocycles. The molecule has 5 nitrogen and oxygen atoms in total. The van der Waals surface area contributed by atoms with Crippen LogP contribution in [0.15, 0.2) is 30.6 Å². The number of aromatic nitrogens is 2. The molecular weight excluding hydrogens is 264 g/mol. The van der Waals surface area contributed by atoms with E-state index in [9.17, 15) is 4.79 Å². The second-order valence-corrected chi connectivity index (χ2v) is 5.49. The predicted octanol–water partition coefficient (Wildman–Crippen LogP) is 2.05. The van der Waals surface area contributed by atoms with Gasteiger partial charge in [0.05, 0.1) is 17.8 Å². The number of benzene rings is 1. The highest BCUT2D eigenvalue weighted by molar-refractivity contribution is 6.00. The fourth-order valence-electron chi connectivity index (χ4n) is 2.73. The number of nitrogens with zero attached hydrogens (tertiary/aromatic N) is 3. The number of anilines is 1. The molecule has 1 aromatic heterocycles. The lowest BCUT2D eigenvalue weighted by atomic mass is 9.99. The number of hydrogen-bond donors (Lipinski definition) is 1. The van der Waals surface area contributed by atoms with Gasteiger partial charge in [-0.3, -0.25) is 4.79 Å². The van der Waals surface area contributed by atoms with Crippen molar-refractivity contribution in [2.24, 2.45) is 7.05 Å². The molecule has 0 atom stereocenters. The molecule has 1 N–H and O–H groups in total. The van der Waals surface area contributed by atoms with Crippen LogP contribution in [-0.4, -0.2) is 34.0 Å². The Kier molecular flexibility index (Phi) is 3.64. The molecule has 1 amide bonds. The van der Waals surface area contributed by atoms with Gasteiger partial charge in [0.2, 0.25) is 0 Å². The molecule has 1 aliphatic rings. The van der Waals surface area contributed by atoms with Gasteiger partial charge in [-0.15, -0.1) is 0 Å². The number of para-hydroxylation sites is 1. The Labute approximate surface area is 124 Å². The van der Waals surface area contributed by atoms with Crippen molar-refractivity contribution in [2.45, 2.75) is 19.4 Å². The first-order chi connectivity index (χ1) is 10.2. The summed E-state index contributed by atoms with van der Waals surface area (Å²) in [6.07, 6.45) is 5.79. The zero-order valence-electron chi connectivity index (χ0n) is 12.5. The van der Waals surface area contributed by atoms with Gasteiger partial charge >= 0.3 is 0 Å². The summed E-state index contributed by atoms with van der Waals surface area (Å²) in [6, 6.07) is 5.96. The number of carbonyl (C=O) groups excluding carboxylic acids is 1. The van der Waals surface area contributed by atoms with Gasteiger partial charge in [-0.2, -0.15) is 0 Å². The fourth-order valence-corrected chi connectivity index (χ4v) is 2.73. The zero-order chi connectivity index (χ0) is 14.8. The maximum absolute atomic E-state index is 12.7. The average Bonchev–Trinajstić information content (AvgIpc) is 2.91. The molecular formula is C16H20N4O. The minimum Gasteiger partial charge on any atom is -0.384 e. The quantitative estimate of drug-likeness (QED) is 0.938. The molecule has 0 spiro atoms. The Balaban J connectivity index is 1.83. The molecule has 0 saturated carbocycles. The summed E-state index contributed by atoms with van der Waals surface area (Å²) >= 11 is 0. The average molecular weight is 284 g/mol. The Bertz CT molecular complexity index is 662. The van der Waals surface area contributed by atoms with E-state index in [1.54, 1.807) is 11.1 Å². The lowest BCUT2D eigenvalue weighted by molar-refractivity contribution is 0.0781. The second kappa shape index (κ2) is 5.60. The number of carbonyl (C=O) groups is 1. The van der Waals surface area contributed by atoms with Crippen molar-refractivity contribution in [1.82, 2.24) is 14.5 Å². The molecule has 0 radical (unpaired) electrons. The van der Waals surface area contributed by atoms with E-state index in [2.05, 4.69) is 16.4 Å². The molecule has 2 aromatic rings. The summed E-state index contributed by atoms with van der Waals surface area (Å²) in [5.41, 5.74) is 2.99. The standard InChI is InChI=1S/C16H20N4O/c1-19-10-9-17-14(19)11-20(2)16(21)13-7-3-5-12-6-4-8-18-15(12)13/h3,5,7,9-10,18H,4,6,8,11H2,1-2H3. The van der Waals surface area contributed by atoms with Gasteiger partial charge in [-0.25, -0.2) is 4.98 Å². The van der Waals surface area contributed by atoms with Gasteiger partial charge in [0.15, 0.2) is 0 Å². The summed E-state index contributed by atoms with van der Waals surface area (Å²) < 4.78 is 1.93. The van der Waals surface area contributed by atoms with Gasteiger partial charge in [0.25, 0.3) is 5.91 Å². The molecule has 21 heavy (non-hydrogen) atoms. The van der Waals surface area contributed by atoms with Crippen LogP contribution >= 0.6 is 0 Å². The number of amides is 1. The van der Waals surface area contributed by atoms with Crippen LogP contribution in [0.5, 0.6) is 0 Å². The van der Waals surface area contributed by atoms with Crippen LogP contribution in [0.1, 0.15) is 28.2 Å². The molecule has 110 valence electrons. The number of imidazole rings is 1. The Morgan fingerprint density at radius 1 is 1.48 bits per heavy atom. The first kappa shape index (κ1) is 13.7. The Morgan fingerprint density at radius 2 is 2.33 bits per heavy atom. The smallest absolute Gasteiger partial charge is 0.256 e. The van der Waals surface area contributed by atoms with E-state index in [0.29, 0.717) is 6.54 Å². The van der Waals surface area contributed by atoms with Crippen molar-refractivity contribution in [3.8, 4) is 0 Å². The van der Waals surface area contributed by atoms with Crippen molar-refractivity contribution in [3.05, 3.63) is 47.5 Å². The first-order valence-electron chi connectivity index (χ1n) is 7.24. The number of rotatable bonds is 3. The van der Waals surface area contributed by atoms with Gasteiger partial charge in [-0.05, 0) is 24.5 Å². The molecule has 5 heteroatoms. The maximum Gasteiger partial charge on any atom is 0.256 e. The predicted molar refractivity (Wildman–Crippen MR) is 82.3 cm³/mol. The van der Waals surface area contributed by atoms with Gasteiger partial charge in [0, 0.05) is 33.0 Å². The summed E-state index contributed by atoms with van der Waals surface area (Å²) in [7, 11) is 3.76. The molecule has 3 rings (SSSR count). The minimum atomic E-state index is 0.0317. The molecule has 0 fully saturated rings. The molecule has 0 aliphatic carbocycles. The number of nitrogens with one attached hydrogen (secondary N) is 1. The van der Waals surface area contributed by atoms with E-state index < -0.39 is 0 Å². The van der Waals surface area contributed by atoms with Gasteiger partial charge < -0.3 is 14.8 Å². The maximum atomic E-state index is 12.7. The third-order valence-corrected chi connectivity index (χ3v) is 3.95. The molecule has 0 bridgehead atoms. The van der Waals surface area contributed by atoms with Crippen LogP contribution in [0, 0.1) is 0 Å². The summed E-state index contributed by atoms with van der Waals surface area (Å²) in [6.45, 7) is 1.44. The van der Waals surface area contributed by atoms with Crippen LogP contribution in [0.2, 0.25) is 0 Å². The van der Waals surface area contributed by atoms with Crippen molar-refractivity contribution in [2.75, 3.05) is 18.9 Å². The monoisotopic (exact) mass is 284 g/mol. The normalized spacial score (nSPS) is 13.4. The van der Waals surface area contributed by atoms with Crippen LogP contribution in [0.3, 0.4) is 0 Å². The van der Waals surface area contributed by atoms with Crippen molar-refractivity contribution < 1.29 is 4.79 Å². The molecule has 1 aromatic carbocycles. The van der Waals surface area contributed by atoms with E-state index >= 15 is 0 Å². The zero-order valence-corrected chi connectivity index (χ0v) is 12.5. The van der Waals surface area contributed by atoms with E-state index in [4.69, 9.17) is 0 Å². The highest BCUT2D eigenvalue weighted by atomic mass is 16.2. The van der Waals surface area contributed by atoms with Crippen molar-refractivity contribution >= 4 is 11.6 Å². The third-order valence-electron chi connectivity index (χ3n) is 3.95. The summed E-state index contributed by atoms with van der Waals surface area (Å²) in [4.78, 5) is 18.7. The van der Waals surface area contributed by atoms with Gasteiger partial charge in [-0.1, -0.05) is 12.1 Å². The number of hydrogen-bond acceptors (Lipinski definition) is 3. The second-order valence-electron chi connectivity index (χ2n) is 5.49. The molecule has 0 unspecified atom stereocenters. The molecule has 0 saturated heterocycles. The van der Waals surface area contributed by atoms with E-state index in [0.717, 1.165) is 36.5 Å². The Morgan fingerprint density at radius 3 is 3.10 bits per heavy atom. The van der Waals surface area contributed by atoms with Crippen LogP contribution in [0.4, 0.5) is 5.69 Å². The SMILES string of the molecule is CN(Cc1nccn1C)C(=O)c1cccc2c1NCCC2. The summed E-state index contributed by atoms with van der Waals surface area (Å²) in [5.74, 6) is 0.910. The first-order valence-corrected chi connectivity index (χ1v) is 7.24. The molecule has 2 heterocycles. The van der Waals surface area contributed by atoms with E-state index in [-0.39, 0.29) is 5.91 Å². The minimum absolute atomic E-state index is 0.0317. The Hall–Kier alpha value is -2.30. The largest absolute Gasteiger partial charge is 0.384 e. The highest BCUT2D eigenvalue weighted by Crippen LogP contribution is 2.27. The van der Waals surface area contributed by atoms with Crippen molar-refractivity contribution in [3.63, 3.8) is 0 Å². The lowest BCUT2D eigenvalue weighted by Crippen LogP contribution is -2.29. The van der Waals surface area contributed by atoms with Crippen molar-refractivity contribution in [1.29, 1.82) is 0 Å². The topological polar surface area (TPSA) is 50.2 Å². The van der Waals surface area contributed by atoms with Gasteiger partial charge in [0.1, 0.15) is 5.82 Å². The summed E-state index contributed by atoms with van der Waals surface area (Å²) in [5, 5.41) is 3.37. The fraction of sp³-hybridized carbons (Fsp3) is 0.375. The third kappa shape index (κ3) is 2.63.